The maximum absolute atomic E-state index is 12.1. The molecule has 0 radical (unpaired) electrons. The van der Waals surface area contributed by atoms with Crippen LogP contribution in [0.3, 0.4) is 0 Å². The summed E-state index contributed by atoms with van der Waals surface area (Å²) in [6.07, 6.45) is 1.29. The van der Waals surface area contributed by atoms with Gasteiger partial charge in [0.1, 0.15) is 0 Å². The van der Waals surface area contributed by atoms with Gasteiger partial charge in [-0.25, -0.2) is 9.59 Å². The second kappa shape index (κ2) is 12.3. The SMILES string of the molecule is CC(C)CCOC(=O)c1cc(C(=O)OCCC(C)C)cc(S(=O)(=O)O)c1.[BaH2]. The zero-order chi connectivity index (χ0) is 19.9. The van der Waals surface area contributed by atoms with E-state index in [1.807, 2.05) is 27.7 Å². The fourth-order valence-electron chi connectivity index (χ4n) is 1.93. The number of ether oxygens (including phenoxy) is 2. The molecule has 0 aromatic heterocycles. The van der Waals surface area contributed by atoms with Crippen molar-refractivity contribution in [2.45, 2.75) is 45.4 Å². The molecule has 27 heavy (non-hydrogen) atoms. The van der Waals surface area contributed by atoms with Crippen LogP contribution in [-0.4, -0.2) is 87.0 Å². The summed E-state index contributed by atoms with van der Waals surface area (Å²) in [7, 11) is -4.60. The van der Waals surface area contributed by atoms with Crippen molar-refractivity contribution in [2.24, 2.45) is 11.8 Å². The average Bonchev–Trinajstić information content (AvgIpc) is 2.52. The van der Waals surface area contributed by atoms with E-state index in [1.165, 1.54) is 6.07 Å². The average molecular weight is 526 g/mol. The third-order valence-electron chi connectivity index (χ3n) is 3.53. The molecule has 9 heteroatoms. The van der Waals surface area contributed by atoms with Gasteiger partial charge in [0.25, 0.3) is 10.1 Å². The zero-order valence-corrected chi connectivity index (χ0v) is 16.3. The first-order valence-corrected chi connectivity index (χ1v) is 9.91. The first-order chi connectivity index (χ1) is 12.0. The van der Waals surface area contributed by atoms with Gasteiger partial charge in [-0.3, -0.25) is 4.55 Å². The molecule has 0 amide bonds. The molecule has 0 saturated carbocycles. The minimum atomic E-state index is -4.60. The molecule has 0 unspecified atom stereocenters. The first kappa shape index (κ1) is 26.6. The van der Waals surface area contributed by atoms with Crippen LogP contribution in [0.4, 0.5) is 0 Å². The summed E-state index contributed by atoms with van der Waals surface area (Å²) in [6.45, 7) is 8.22. The van der Waals surface area contributed by atoms with E-state index < -0.39 is 27.0 Å². The van der Waals surface area contributed by atoms with E-state index in [2.05, 4.69) is 0 Å². The predicted octanol–water partition coefficient (Wildman–Crippen LogP) is 2.42. The summed E-state index contributed by atoms with van der Waals surface area (Å²) in [5.74, 6) is -0.878. The van der Waals surface area contributed by atoms with Crippen LogP contribution >= 0.6 is 0 Å². The molecule has 0 aliphatic carbocycles. The Morgan fingerprint density at radius 2 is 1.26 bits per heavy atom. The number of esters is 2. The van der Waals surface area contributed by atoms with E-state index >= 15 is 0 Å². The molecule has 150 valence electrons. The van der Waals surface area contributed by atoms with Crippen LogP contribution in [0.15, 0.2) is 23.1 Å². The van der Waals surface area contributed by atoms with Crippen LogP contribution < -0.4 is 0 Å². The van der Waals surface area contributed by atoms with Crippen LogP contribution in [0.2, 0.25) is 0 Å². The Morgan fingerprint density at radius 1 is 0.889 bits per heavy atom. The molecule has 0 aliphatic rings. The molecule has 1 rings (SSSR count). The topological polar surface area (TPSA) is 107 Å². The van der Waals surface area contributed by atoms with Crippen molar-refractivity contribution >= 4 is 70.9 Å². The van der Waals surface area contributed by atoms with E-state index in [0.29, 0.717) is 24.7 Å². The van der Waals surface area contributed by atoms with E-state index in [0.717, 1.165) is 12.1 Å². The molecule has 0 fully saturated rings. The number of carbonyl (C=O) groups excluding carboxylic acids is 2. The van der Waals surface area contributed by atoms with Crippen LogP contribution in [0.25, 0.3) is 0 Å². The molecule has 1 aromatic rings. The van der Waals surface area contributed by atoms with Gasteiger partial charge in [-0.2, -0.15) is 8.42 Å². The molecule has 0 spiro atoms. The van der Waals surface area contributed by atoms with Gasteiger partial charge in [-0.1, -0.05) is 27.7 Å². The predicted molar refractivity (Wildman–Crippen MR) is 104 cm³/mol. The van der Waals surface area contributed by atoms with Crippen molar-refractivity contribution in [1.29, 1.82) is 0 Å². The molecule has 1 N–H and O–H groups in total. The molecule has 1 aromatic carbocycles. The van der Waals surface area contributed by atoms with Gasteiger partial charge in [-0.05, 0) is 42.9 Å². The van der Waals surface area contributed by atoms with Gasteiger partial charge < -0.3 is 9.47 Å². The Hall–Kier alpha value is -0.359. The van der Waals surface area contributed by atoms with Crippen LogP contribution in [-0.2, 0) is 19.6 Å². The minimum absolute atomic E-state index is 0. The van der Waals surface area contributed by atoms with E-state index in [4.69, 9.17) is 9.47 Å². The first-order valence-electron chi connectivity index (χ1n) is 8.47. The van der Waals surface area contributed by atoms with Gasteiger partial charge in [0.05, 0.1) is 29.2 Å². The summed E-state index contributed by atoms with van der Waals surface area (Å²) < 4.78 is 42.3. The summed E-state index contributed by atoms with van der Waals surface area (Å²) >= 11 is 0. The van der Waals surface area contributed by atoms with Crippen molar-refractivity contribution in [3.8, 4) is 0 Å². The van der Waals surface area contributed by atoms with E-state index in [9.17, 15) is 22.6 Å². The van der Waals surface area contributed by atoms with Crippen molar-refractivity contribution in [3.05, 3.63) is 29.3 Å². The van der Waals surface area contributed by atoms with Gasteiger partial charge in [0.2, 0.25) is 0 Å². The quantitative estimate of drug-likeness (QED) is 0.300. The monoisotopic (exact) mass is 526 g/mol. The standard InChI is InChI=1S/C18H26O7S.Ba.2H/c1-12(2)5-7-24-17(19)14-9-15(11-16(10-14)26(21,22)23)18(20)25-8-6-13(3)4;;;/h9-13H,5-8H2,1-4H3,(H,21,22,23);;;. The Labute approximate surface area is 201 Å². The van der Waals surface area contributed by atoms with E-state index in [-0.39, 0.29) is 73.2 Å². The maximum atomic E-state index is 12.1. The van der Waals surface area contributed by atoms with Crippen molar-refractivity contribution in [2.75, 3.05) is 13.2 Å². The fraction of sp³-hybridized carbons (Fsp3) is 0.556. The molecule has 0 saturated heterocycles. The summed E-state index contributed by atoms with van der Waals surface area (Å²) in [5, 5.41) is 0. The van der Waals surface area contributed by atoms with Gasteiger partial charge >= 0.3 is 60.8 Å². The molecule has 7 nitrogen and oxygen atoms in total. The third kappa shape index (κ3) is 10.1. The summed E-state index contributed by atoms with van der Waals surface area (Å²) in [5.41, 5.74) is -0.278. The molecule has 0 atom stereocenters. The van der Waals surface area contributed by atoms with Crippen LogP contribution in [0.1, 0.15) is 61.3 Å². The summed E-state index contributed by atoms with van der Waals surface area (Å²) in [6, 6.07) is 3.14. The molecular formula is C18H28BaO7S. The van der Waals surface area contributed by atoms with Crippen LogP contribution in [0, 0.1) is 11.8 Å². The number of carbonyl (C=O) groups is 2. The number of rotatable bonds is 9. The molecule has 0 bridgehead atoms. The number of benzene rings is 1. The second-order valence-electron chi connectivity index (χ2n) is 6.86. The third-order valence-corrected chi connectivity index (χ3v) is 4.36. The molecular weight excluding hydrogens is 498 g/mol. The normalized spacial score (nSPS) is 11.2. The Kier molecular flexibility index (Phi) is 12.1. The number of hydrogen-bond donors (Lipinski definition) is 1. The molecule has 0 aliphatic heterocycles. The number of hydrogen-bond acceptors (Lipinski definition) is 6. The van der Waals surface area contributed by atoms with E-state index in [1.54, 1.807) is 0 Å². The summed E-state index contributed by atoms with van der Waals surface area (Å²) in [4.78, 5) is 23.7. The van der Waals surface area contributed by atoms with Gasteiger partial charge in [-0.15, -0.1) is 0 Å². The zero-order valence-electron chi connectivity index (χ0n) is 15.5. The Balaban J connectivity index is 0.00000676. The molecule has 0 heterocycles. The fourth-order valence-corrected chi connectivity index (χ4v) is 2.48. The van der Waals surface area contributed by atoms with Crippen LogP contribution in [0.5, 0.6) is 0 Å². The Bertz CT molecular complexity index is 698. The Morgan fingerprint density at radius 3 is 1.56 bits per heavy atom. The van der Waals surface area contributed by atoms with Crippen molar-refractivity contribution in [3.63, 3.8) is 0 Å². The van der Waals surface area contributed by atoms with Gasteiger partial charge in [0.15, 0.2) is 0 Å². The van der Waals surface area contributed by atoms with Crippen molar-refractivity contribution < 1.29 is 32.0 Å². The second-order valence-corrected chi connectivity index (χ2v) is 8.28. The van der Waals surface area contributed by atoms with Gasteiger partial charge in [0, 0.05) is 0 Å². The van der Waals surface area contributed by atoms with Crippen molar-refractivity contribution in [1.82, 2.24) is 0 Å².